The van der Waals surface area contributed by atoms with E-state index in [1.165, 1.54) is 0 Å². The van der Waals surface area contributed by atoms with Crippen LogP contribution in [0.5, 0.6) is 0 Å². The van der Waals surface area contributed by atoms with Gasteiger partial charge in [-0.2, -0.15) is 0 Å². The lowest BCUT2D eigenvalue weighted by molar-refractivity contribution is 0.253. The lowest BCUT2D eigenvalue weighted by atomic mass is 9.96. The second-order valence-corrected chi connectivity index (χ2v) is 7.43. The zero-order valence-electron chi connectivity index (χ0n) is 11.3. The molecule has 0 aliphatic carbocycles. The molecule has 2 atom stereocenters. The lowest BCUT2D eigenvalue weighted by Crippen LogP contribution is -2.50. The Kier molecular flexibility index (Phi) is 4.60. The van der Waals surface area contributed by atoms with Crippen molar-refractivity contribution in [3.05, 3.63) is 35.9 Å². The van der Waals surface area contributed by atoms with Crippen molar-refractivity contribution in [2.45, 2.75) is 25.8 Å². The fourth-order valence-corrected chi connectivity index (χ4v) is 3.88. The molecule has 0 saturated carbocycles. The van der Waals surface area contributed by atoms with Crippen molar-refractivity contribution in [3.63, 3.8) is 0 Å². The third kappa shape index (κ3) is 3.78. The van der Waals surface area contributed by atoms with Gasteiger partial charge in [0.15, 0.2) is 0 Å². The van der Waals surface area contributed by atoms with Crippen molar-refractivity contribution < 1.29 is 8.42 Å². The number of piperidine rings is 1. The summed E-state index contributed by atoms with van der Waals surface area (Å²) in [7, 11) is -3.18. The summed E-state index contributed by atoms with van der Waals surface area (Å²) in [5.74, 6) is 0.568. The quantitative estimate of drug-likeness (QED) is 0.903. The van der Waals surface area contributed by atoms with Crippen molar-refractivity contribution in [3.8, 4) is 0 Å². The molecule has 0 bridgehead atoms. The van der Waals surface area contributed by atoms with Gasteiger partial charge in [0.2, 0.25) is 10.0 Å². The Morgan fingerprint density at radius 3 is 2.63 bits per heavy atom. The maximum Gasteiger partial charge on any atom is 0.214 e. The molecule has 2 N–H and O–H groups in total. The Balaban J connectivity index is 1.95. The van der Waals surface area contributed by atoms with E-state index in [0.717, 1.165) is 12.0 Å². The van der Waals surface area contributed by atoms with Crippen LogP contribution in [0.3, 0.4) is 0 Å². The molecule has 0 radical (unpaired) electrons. The van der Waals surface area contributed by atoms with Gasteiger partial charge in [-0.25, -0.2) is 12.7 Å². The smallest absolute Gasteiger partial charge is 0.214 e. The number of sulfonamides is 1. The normalized spacial score (nSPS) is 25.4. The molecule has 1 fully saturated rings. The summed E-state index contributed by atoms with van der Waals surface area (Å²) in [6.45, 7) is 3.14. The molecule has 0 aromatic heterocycles. The first kappa shape index (κ1) is 14.5. The number of aryl methyl sites for hydroxylation is 1. The van der Waals surface area contributed by atoms with Crippen LogP contribution < -0.4 is 5.73 Å². The zero-order chi connectivity index (χ0) is 13.9. The fourth-order valence-electron chi connectivity index (χ4n) is 2.34. The van der Waals surface area contributed by atoms with Crippen LogP contribution in [0.25, 0.3) is 0 Å². The Bertz CT molecular complexity index is 501. The van der Waals surface area contributed by atoms with Crippen molar-refractivity contribution >= 4 is 10.0 Å². The SMILES string of the molecule is CC1CCN(S(=O)(=O)CCc2ccccc2)CC1N. The van der Waals surface area contributed by atoms with Crippen LogP contribution >= 0.6 is 0 Å². The van der Waals surface area contributed by atoms with E-state index in [4.69, 9.17) is 5.73 Å². The Hall–Kier alpha value is -0.910. The van der Waals surface area contributed by atoms with E-state index < -0.39 is 10.0 Å². The van der Waals surface area contributed by atoms with Crippen LogP contribution in [0, 0.1) is 5.92 Å². The number of hydrogen-bond donors (Lipinski definition) is 1. The summed E-state index contributed by atoms with van der Waals surface area (Å²) >= 11 is 0. The number of nitrogens with zero attached hydrogens (tertiary/aromatic N) is 1. The van der Waals surface area contributed by atoms with E-state index in [1.807, 2.05) is 30.3 Å². The molecule has 1 saturated heterocycles. The van der Waals surface area contributed by atoms with Crippen LogP contribution in [0.15, 0.2) is 30.3 Å². The average molecular weight is 282 g/mol. The van der Waals surface area contributed by atoms with Gasteiger partial charge in [-0.1, -0.05) is 37.3 Å². The first-order chi connectivity index (χ1) is 8.99. The monoisotopic (exact) mass is 282 g/mol. The second-order valence-electron chi connectivity index (χ2n) is 5.34. The molecule has 0 spiro atoms. The second kappa shape index (κ2) is 6.03. The summed E-state index contributed by atoms with van der Waals surface area (Å²) in [4.78, 5) is 0. The predicted octanol–water partition coefficient (Wildman–Crippen LogP) is 1.23. The van der Waals surface area contributed by atoms with Crippen molar-refractivity contribution in [2.75, 3.05) is 18.8 Å². The van der Waals surface area contributed by atoms with Gasteiger partial charge in [-0.15, -0.1) is 0 Å². The molecular weight excluding hydrogens is 260 g/mol. The van der Waals surface area contributed by atoms with Gasteiger partial charge in [0.1, 0.15) is 0 Å². The summed E-state index contributed by atoms with van der Waals surface area (Å²) in [5, 5.41) is 0. The van der Waals surface area contributed by atoms with Gasteiger partial charge >= 0.3 is 0 Å². The van der Waals surface area contributed by atoms with Crippen LogP contribution in [-0.4, -0.2) is 37.6 Å². The summed E-state index contributed by atoms with van der Waals surface area (Å²) < 4.78 is 26.1. The van der Waals surface area contributed by atoms with Gasteiger partial charge in [0, 0.05) is 19.1 Å². The van der Waals surface area contributed by atoms with Gasteiger partial charge in [0.25, 0.3) is 0 Å². The molecule has 1 aromatic carbocycles. The minimum Gasteiger partial charge on any atom is -0.326 e. The molecule has 5 heteroatoms. The van der Waals surface area contributed by atoms with Crippen LogP contribution in [0.2, 0.25) is 0 Å². The van der Waals surface area contributed by atoms with E-state index >= 15 is 0 Å². The fraction of sp³-hybridized carbons (Fsp3) is 0.571. The standard InChI is InChI=1S/C14H22N2O2S/c1-12-7-9-16(11-14(12)15)19(17,18)10-8-13-5-3-2-4-6-13/h2-6,12,14H,7-11,15H2,1H3. The highest BCUT2D eigenvalue weighted by Gasteiger charge is 2.30. The third-order valence-electron chi connectivity index (χ3n) is 3.86. The van der Waals surface area contributed by atoms with E-state index in [-0.39, 0.29) is 11.8 Å². The molecule has 2 unspecified atom stereocenters. The van der Waals surface area contributed by atoms with Crippen molar-refractivity contribution in [1.82, 2.24) is 4.31 Å². The van der Waals surface area contributed by atoms with E-state index in [2.05, 4.69) is 6.92 Å². The van der Waals surface area contributed by atoms with Gasteiger partial charge in [0.05, 0.1) is 5.75 Å². The highest BCUT2D eigenvalue weighted by molar-refractivity contribution is 7.89. The Morgan fingerprint density at radius 2 is 2.00 bits per heavy atom. The van der Waals surface area contributed by atoms with E-state index in [9.17, 15) is 8.42 Å². The average Bonchev–Trinajstić information content (AvgIpc) is 2.41. The molecule has 0 amide bonds. The highest BCUT2D eigenvalue weighted by Crippen LogP contribution is 2.19. The summed E-state index contributed by atoms with van der Waals surface area (Å²) in [5.41, 5.74) is 7.02. The topological polar surface area (TPSA) is 63.4 Å². The van der Waals surface area contributed by atoms with E-state index in [0.29, 0.717) is 25.4 Å². The number of hydrogen-bond acceptors (Lipinski definition) is 3. The van der Waals surface area contributed by atoms with Gasteiger partial charge < -0.3 is 5.73 Å². The molecule has 1 heterocycles. The number of benzene rings is 1. The molecule has 1 aliphatic heterocycles. The predicted molar refractivity (Wildman–Crippen MR) is 77.3 cm³/mol. The molecule has 19 heavy (non-hydrogen) atoms. The summed E-state index contributed by atoms with van der Waals surface area (Å²) in [6, 6.07) is 9.67. The molecule has 4 nitrogen and oxygen atoms in total. The first-order valence-corrected chi connectivity index (χ1v) is 8.37. The highest BCUT2D eigenvalue weighted by atomic mass is 32.2. The third-order valence-corrected chi connectivity index (χ3v) is 5.70. The van der Waals surface area contributed by atoms with Gasteiger partial charge in [-0.3, -0.25) is 0 Å². The maximum absolute atomic E-state index is 12.3. The number of nitrogens with two attached hydrogens (primary N) is 1. The lowest BCUT2D eigenvalue weighted by Gasteiger charge is -2.34. The first-order valence-electron chi connectivity index (χ1n) is 6.76. The minimum atomic E-state index is -3.18. The summed E-state index contributed by atoms with van der Waals surface area (Å²) in [6.07, 6.45) is 1.41. The molecule has 106 valence electrons. The molecular formula is C14H22N2O2S. The van der Waals surface area contributed by atoms with Gasteiger partial charge in [-0.05, 0) is 24.3 Å². The zero-order valence-corrected chi connectivity index (χ0v) is 12.1. The Morgan fingerprint density at radius 1 is 1.32 bits per heavy atom. The van der Waals surface area contributed by atoms with Crippen LogP contribution in [-0.2, 0) is 16.4 Å². The van der Waals surface area contributed by atoms with Crippen molar-refractivity contribution in [2.24, 2.45) is 11.7 Å². The van der Waals surface area contributed by atoms with E-state index in [1.54, 1.807) is 4.31 Å². The Labute approximate surface area is 115 Å². The molecule has 1 aromatic rings. The van der Waals surface area contributed by atoms with Crippen LogP contribution in [0.4, 0.5) is 0 Å². The molecule has 1 aliphatic rings. The molecule has 2 rings (SSSR count). The largest absolute Gasteiger partial charge is 0.326 e. The van der Waals surface area contributed by atoms with Crippen LogP contribution in [0.1, 0.15) is 18.9 Å². The van der Waals surface area contributed by atoms with Crippen molar-refractivity contribution in [1.29, 1.82) is 0 Å². The number of rotatable bonds is 4. The minimum absolute atomic E-state index is 0.0414. The maximum atomic E-state index is 12.3.